The number of amides is 1. The van der Waals surface area contributed by atoms with Gasteiger partial charge in [-0.1, -0.05) is 42.5 Å². The van der Waals surface area contributed by atoms with Crippen LogP contribution in [0, 0.1) is 0 Å². The summed E-state index contributed by atoms with van der Waals surface area (Å²) in [4.78, 5) is 22.8. The lowest BCUT2D eigenvalue weighted by atomic mass is 9.86. The number of likely N-dealkylation sites (tertiary alicyclic amines) is 1. The zero-order chi connectivity index (χ0) is 19.5. The van der Waals surface area contributed by atoms with Crippen molar-refractivity contribution in [1.29, 1.82) is 0 Å². The minimum atomic E-state index is -0.596. The summed E-state index contributed by atoms with van der Waals surface area (Å²) in [5.41, 5.74) is 1.56. The molecule has 0 saturated carbocycles. The SMILES string of the molecule is CCNc1ncc(C(=O)N2CC[C@@H](c3ccc4ccccc4c3)[C@H](O)C2)cn1. The second-order valence-electron chi connectivity index (χ2n) is 7.15. The molecule has 0 radical (unpaired) electrons. The number of fused-ring (bicyclic) bond motifs is 1. The summed E-state index contributed by atoms with van der Waals surface area (Å²) in [7, 11) is 0. The molecule has 2 atom stereocenters. The Kier molecular flexibility index (Phi) is 5.21. The number of aliphatic hydroxyl groups is 1. The first-order valence-electron chi connectivity index (χ1n) is 9.67. The maximum absolute atomic E-state index is 12.7. The van der Waals surface area contributed by atoms with Crippen LogP contribution >= 0.6 is 0 Å². The molecule has 0 spiro atoms. The third kappa shape index (κ3) is 3.68. The number of piperidine rings is 1. The summed E-state index contributed by atoms with van der Waals surface area (Å²) < 4.78 is 0. The first-order chi connectivity index (χ1) is 13.7. The van der Waals surface area contributed by atoms with Crippen molar-refractivity contribution in [2.24, 2.45) is 0 Å². The van der Waals surface area contributed by atoms with Crippen LogP contribution in [0.15, 0.2) is 54.9 Å². The highest BCUT2D eigenvalue weighted by Gasteiger charge is 2.31. The zero-order valence-corrected chi connectivity index (χ0v) is 15.9. The number of aromatic nitrogens is 2. The number of hydrogen-bond donors (Lipinski definition) is 2. The molecule has 1 aromatic heterocycles. The van der Waals surface area contributed by atoms with Crippen molar-refractivity contribution in [3.63, 3.8) is 0 Å². The number of benzene rings is 2. The van der Waals surface area contributed by atoms with E-state index >= 15 is 0 Å². The van der Waals surface area contributed by atoms with Gasteiger partial charge in [-0.15, -0.1) is 0 Å². The Morgan fingerprint density at radius 3 is 2.64 bits per heavy atom. The Labute approximate surface area is 164 Å². The molecule has 0 unspecified atom stereocenters. The summed E-state index contributed by atoms with van der Waals surface area (Å²) in [5, 5.41) is 16.1. The fourth-order valence-electron chi connectivity index (χ4n) is 3.81. The van der Waals surface area contributed by atoms with Gasteiger partial charge in [0.15, 0.2) is 0 Å². The van der Waals surface area contributed by atoms with E-state index in [-0.39, 0.29) is 11.8 Å². The van der Waals surface area contributed by atoms with Crippen molar-refractivity contribution >= 4 is 22.6 Å². The van der Waals surface area contributed by atoms with Crippen LogP contribution in [0.4, 0.5) is 5.95 Å². The fourth-order valence-corrected chi connectivity index (χ4v) is 3.81. The second kappa shape index (κ2) is 7.94. The molecule has 2 aromatic carbocycles. The number of nitrogens with one attached hydrogen (secondary N) is 1. The second-order valence-corrected chi connectivity index (χ2v) is 7.15. The van der Waals surface area contributed by atoms with Crippen LogP contribution < -0.4 is 5.32 Å². The van der Waals surface area contributed by atoms with E-state index in [0.29, 0.717) is 24.6 Å². The maximum Gasteiger partial charge on any atom is 0.257 e. The van der Waals surface area contributed by atoms with Crippen molar-refractivity contribution in [3.05, 3.63) is 66.0 Å². The smallest absolute Gasteiger partial charge is 0.257 e. The summed E-state index contributed by atoms with van der Waals surface area (Å²) in [5.74, 6) is 0.397. The molecular weight excluding hydrogens is 352 g/mol. The molecule has 1 aliphatic heterocycles. The van der Waals surface area contributed by atoms with Gasteiger partial charge < -0.3 is 15.3 Å². The van der Waals surface area contributed by atoms with E-state index in [1.807, 2.05) is 19.1 Å². The third-order valence-electron chi connectivity index (χ3n) is 5.30. The quantitative estimate of drug-likeness (QED) is 0.732. The zero-order valence-electron chi connectivity index (χ0n) is 15.9. The molecule has 0 bridgehead atoms. The molecule has 2 heterocycles. The average molecular weight is 376 g/mol. The molecule has 6 heteroatoms. The van der Waals surface area contributed by atoms with E-state index < -0.39 is 6.10 Å². The van der Waals surface area contributed by atoms with Crippen LogP contribution in [0.25, 0.3) is 10.8 Å². The van der Waals surface area contributed by atoms with Crippen LogP contribution in [0.5, 0.6) is 0 Å². The number of carbonyl (C=O) groups excluding carboxylic acids is 1. The van der Waals surface area contributed by atoms with Gasteiger partial charge in [-0.3, -0.25) is 4.79 Å². The van der Waals surface area contributed by atoms with Gasteiger partial charge >= 0.3 is 0 Å². The lowest BCUT2D eigenvalue weighted by molar-refractivity contribution is 0.0381. The van der Waals surface area contributed by atoms with Crippen LogP contribution in [-0.4, -0.2) is 51.6 Å². The largest absolute Gasteiger partial charge is 0.391 e. The predicted molar refractivity (Wildman–Crippen MR) is 109 cm³/mol. The lowest BCUT2D eigenvalue weighted by Crippen LogP contribution is -2.45. The Hall–Kier alpha value is -2.99. The molecule has 2 N–H and O–H groups in total. The minimum Gasteiger partial charge on any atom is -0.391 e. The summed E-state index contributed by atoms with van der Waals surface area (Å²) in [6, 6.07) is 14.5. The topological polar surface area (TPSA) is 78.4 Å². The molecule has 144 valence electrons. The van der Waals surface area contributed by atoms with E-state index in [0.717, 1.165) is 18.5 Å². The molecule has 1 fully saturated rings. The van der Waals surface area contributed by atoms with Crippen molar-refractivity contribution in [3.8, 4) is 0 Å². The van der Waals surface area contributed by atoms with Crippen molar-refractivity contribution < 1.29 is 9.90 Å². The highest BCUT2D eigenvalue weighted by molar-refractivity contribution is 5.93. The third-order valence-corrected chi connectivity index (χ3v) is 5.30. The Morgan fingerprint density at radius 2 is 1.93 bits per heavy atom. The van der Waals surface area contributed by atoms with Crippen molar-refractivity contribution in [2.45, 2.75) is 25.4 Å². The number of hydrogen-bond acceptors (Lipinski definition) is 5. The van der Waals surface area contributed by atoms with Gasteiger partial charge in [0.2, 0.25) is 5.95 Å². The van der Waals surface area contributed by atoms with Crippen molar-refractivity contribution in [1.82, 2.24) is 14.9 Å². The van der Waals surface area contributed by atoms with Crippen LogP contribution in [0.2, 0.25) is 0 Å². The fraction of sp³-hybridized carbons (Fsp3) is 0.318. The number of carbonyl (C=O) groups is 1. The predicted octanol–water partition coefficient (Wildman–Crippen LogP) is 3.05. The van der Waals surface area contributed by atoms with Crippen LogP contribution in [-0.2, 0) is 0 Å². The molecular formula is C22H24N4O2. The average Bonchev–Trinajstić information content (AvgIpc) is 2.73. The Morgan fingerprint density at radius 1 is 1.18 bits per heavy atom. The van der Waals surface area contributed by atoms with E-state index in [1.54, 1.807) is 4.90 Å². The maximum atomic E-state index is 12.7. The molecule has 3 aromatic rings. The van der Waals surface area contributed by atoms with Crippen molar-refractivity contribution in [2.75, 3.05) is 25.0 Å². The normalized spacial score (nSPS) is 19.6. The van der Waals surface area contributed by atoms with Gasteiger partial charge in [0.25, 0.3) is 5.91 Å². The number of anilines is 1. The number of aliphatic hydroxyl groups excluding tert-OH is 1. The molecule has 1 saturated heterocycles. The monoisotopic (exact) mass is 376 g/mol. The van der Waals surface area contributed by atoms with Gasteiger partial charge in [0.05, 0.1) is 11.7 Å². The van der Waals surface area contributed by atoms with E-state index in [9.17, 15) is 9.90 Å². The Bertz CT molecular complexity index is 974. The highest BCUT2D eigenvalue weighted by atomic mass is 16.3. The van der Waals surface area contributed by atoms with Crippen LogP contribution in [0.1, 0.15) is 35.2 Å². The standard InChI is InChI=1S/C22H24N4O2/c1-2-23-22-24-12-18(13-25-22)21(28)26-10-9-19(20(27)14-26)17-8-7-15-5-3-4-6-16(15)11-17/h3-8,11-13,19-20,27H,2,9-10,14H2,1H3,(H,23,24,25)/t19-,20+/m0/s1. The molecule has 1 amide bonds. The number of rotatable bonds is 4. The van der Waals surface area contributed by atoms with E-state index in [2.05, 4.69) is 45.6 Å². The number of nitrogens with zero attached hydrogens (tertiary/aromatic N) is 3. The highest BCUT2D eigenvalue weighted by Crippen LogP contribution is 2.31. The summed E-state index contributed by atoms with van der Waals surface area (Å²) in [6.07, 6.45) is 3.20. The lowest BCUT2D eigenvalue weighted by Gasteiger charge is -2.36. The Balaban J connectivity index is 1.46. The van der Waals surface area contributed by atoms with Crippen LogP contribution in [0.3, 0.4) is 0 Å². The van der Waals surface area contributed by atoms with Gasteiger partial charge in [-0.05, 0) is 29.7 Å². The van der Waals surface area contributed by atoms with E-state index in [1.165, 1.54) is 23.2 Å². The molecule has 4 rings (SSSR count). The molecule has 1 aliphatic rings. The van der Waals surface area contributed by atoms with E-state index in [4.69, 9.17) is 0 Å². The first-order valence-corrected chi connectivity index (χ1v) is 9.67. The molecule has 28 heavy (non-hydrogen) atoms. The number of β-amino-alcohol motifs (C(OH)–C–C–N with tert-alkyl or cyclic N) is 1. The molecule has 6 nitrogen and oxygen atoms in total. The molecule has 0 aliphatic carbocycles. The van der Waals surface area contributed by atoms with Gasteiger partial charge in [0.1, 0.15) is 0 Å². The van der Waals surface area contributed by atoms with Gasteiger partial charge in [0, 0.05) is 37.9 Å². The first kappa shape index (κ1) is 18.4. The van der Waals surface area contributed by atoms with Gasteiger partial charge in [-0.2, -0.15) is 0 Å². The minimum absolute atomic E-state index is 0.0287. The van der Waals surface area contributed by atoms with Gasteiger partial charge in [-0.25, -0.2) is 9.97 Å². The summed E-state index contributed by atoms with van der Waals surface area (Å²) in [6.45, 7) is 3.60. The summed E-state index contributed by atoms with van der Waals surface area (Å²) >= 11 is 0.